The first kappa shape index (κ1) is 10.1. The molecule has 0 heterocycles. The summed E-state index contributed by atoms with van der Waals surface area (Å²) in [6.45, 7) is 1.76. The van der Waals surface area contributed by atoms with Crippen LogP contribution in [0.4, 0.5) is 4.39 Å². The van der Waals surface area contributed by atoms with Crippen molar-refractivity contribution in [3.63, 3.8) is 0 Å². The second-order valence-corrected chi connectivity index (χ2v) is 4.15. The van der Waals surface area contributed by atoms with Crippen molar-refractivity contribution in [1.82, 2.24) is 0 Å². The Morgan fingerprint density at radius 1 is 1.53 bits per heavy atom. The van der Waals surface area contributed by atoms with Gasteiger partial charge in [-0.1, -0.05) is 6.07 Å². The van der Waals surface area contributed by atoms with Crippen LogP contribution in [0.25, 0.3) is 0 Å². The summed E-state index contributed by atoms with van der Waals surface area (Å²) in [6, 6.07) is 4.33. The molecule has 1 aromatic carbocycles. The molecule has 0 amide bonds. The number of aliphatic carboxylic acids is 1. The van der Waals surface area contributed by atoms with E-state index in [2.05, 4.69) is 0 Å². The van der Waals surface area contributed by atoms with Crippen molar-refractivity contribution in [2.45, 2.75) is 25.7 Å². The first-order valence-electron chi connectivity index (χ1n) is 5.08. The predicted molar refractivity (Wildman–Crippen MR) is 54.2 cm³/mol. The number of halogens is 1. The fourth-order valence-corrected chi connectivity index (χ4v) is 2.01. The maximum absolute atomic E-state index is 12.9. The fourth-order valence-electron chi connectivity index (χ4n) is 2.01. The van der Waals surface area contributed by atoms with Crippen LogP contribution in [-0.4, -0.2) is 11.1 Å². The van der Waals surface area contributed by atoms with E-state index in [0.29, 0.717) is 0 Å². The Morgan fingerprint density at radius 3 is 2.67 bits per heavy atom. The summed E-state index contributed by atoms with van der Waals surface area (Å²) < 4.78 is 12.9. The molecule has 3 heteroatoms. The molecule has 1 fully saturated rings. The number of aryl methyl sites for hydroxylation is 1. The van der Waals surface area contributed by atoms with Gasteiger partial charge in [0.15, 0.2) is 0 Å². The SMILES string of the molecule is Cc1cc(F)ccc1C(C(=O)O)C1CC1. The van der Waals surface area contributed by atoms with Crippen molar-refractivity contribution >= 4 is 5.97 Å². The van der Waals surface area contributed by atoms with Crippen LogP contribution in [0.15, 0.2) is 18.2 Å². The van der Waals surface area contributed by atoms with E-state index in [-0.39, 0.29) is 11.7 Å². The van der Waals surface area contributed by atoms with Crippen LogP contribution in [0, 0.1) is 18.7 Å². The number of carboxylic acids is 1. The van der Waals surface area contributed by atoms with Gasteiger partial charge in [-0.15, -0.1) is 0 Å². The minimum absolute atomic E-state index is 0.242. The lowest BCUT2D eigenvalue weighted by Crippen LogP contribution is -2.15. The highest BCUT2D eigenvalue weighted by atomic mass is 19.1. The molecule has 80 valence electrons. The summed E-state index contributed by atoms with van der Waals surface area (Å²) >= 11 is 0. The predicted octanol–water partition coefficient (Wildman–Crippen LogP) is 2.71. The molecule has 0 aromatic heterocycles. The van der Waals surface area contributed by atoms with Gasteiger partial charge in [0.05, 0.1) is 5.92 Å². The summed E-state index contributed by atoms with van der Waals surface area (Å²) in [5, 5.41) is 9.14. The molecule has 1 saturated carbocycles. The third-order valence-corrected chi connectivity index (χ3v) is 2.93. The lowest BCUT2D eigenvalue weighted by molar-refractivity contribution is -0.139. The molecule has 1 atom stereocenters. The zero-order valence-corrected chi connectivity index (χ0v) is 8.53. The summed E-state index contributed by atoms with van der Waals surface area (Å²) in [5.41, 5.74) is 1.49. The van der Waals surface area contributed by atoms with Gasteiger partial charge in [0, 0.05) is 0 Å². The summed E-state index contributed by atoms with van der Waals surface area (Å²) in [5.74, 6) is -1.32. The highest BCUT2D eigenvalue weighted by Crippen LogP contribution is 2.43. The standard InChI is InChI=1S/C12H13FO2/c1-7-6-9(13)4-5-10(7)11(12(14)15)8-2-3-8/h4-6,8,11H,2-3H2,1H3,(H,14,15). The van der Waals surface area contributed by atoms with Crippen LogP contribution in [0.1, 0.15) is 29.9 Å². The minimum atomic E-state index is -0.799. The van der Waals surface area contributed by atoms with Crippen LogP contribution >= 0.6 is 0 Å². The quantitative estimate of drug-likeness (QED) is 0.829. The molecule has 0 bridgehead atoms. The third kappa shape index (κ3) is 2.01. The molecule has 1 aliphatic carbocycles. The van der Waals surface area contributed by atoms with E-state index in [0.717, 1.165) is 24.0 Å². The number of carboxylic acid groups (broad SMARTS) is 1. The van der Waals surface area contributed by atoms with E-state index in [1.807, 2.05) is 0 Å². The van der Waals surface area contributed by atoms with Gasteiger partial charge in [0.1, 0.15) is 5.82 Å². The van der Waals surface area contributed by atoms with Crippen molar-refractivity contribution in [2.75, 3.05) is 0 Å². The second-order valence-electron chi connectivity index (χ2n) is 4.15. The number of hydrogen-bond donors (Lipinski definition) is 1. The van der Waals surface area contributed by atoms with Gasteiger partial charge in [0.2, 0.25) is 0 Å². The Hall–Kier alpha value is -1.38. The first-order chi connectivity index (χ1) is 7.09. The van der Waals surface area contributed by atoms with Crippen LogP contribution < -0.4 is 0 Å². The molecule has 2 nitrogen and oxygen atoms in total. The Labute approximate surface area is 87.7 Å². The number of benzene rings is 1. The third-order valence-electron chi connectivity index (χ3n) is 2.93. The maximum Gasteiger partial charge on any atom is 0.311 e. The Kier molecular flexibility index (Phi) is 2.47. The molecule has 1 aliphatic rings. The van der Waals surface area contributed by atoms with E-state index in [4.69, 9.17) is 5.11 Å². The van der Waals surface area contributed by atoms with Crippen molar-refractivity contribution in [3.8, 4) is 0 Å². The van der Waals surface area contributed by atoms with Crippen LogP contribution in [0.5, 0.6) is 0 Å². The molecule has 1 N–H and O–H groups in total. The normalized spacial score (nSPS) is 17.5. The Morgan fingerprint density at radius 2 is 2.20 bits per heavy atom. The van der Waals surface area contributed by atoms with Crippen LogP contribution in [-0.2, 0) is 4.79 Å². The molecule has 1 aromatic rings. The van der Waals surface area contributed by atoms with Crippen molar-refractivity contribution < 1.29 is 14.3 Å². The van der Waals surface area contributed by atoms with E-state index in [1.54, 1.807) is 13.0 Å². The van der Waals surface area contributed by atoms with Crippen LogP contribution in [0.2, 0.25) is 0 Å². The molecule has 15 heavy (non-hydrogen) atoms. The number of hydrogen-bond acceptors (Lipinski definition) is 1. The first-order valence-corrected chi connectivity index (χ1v) is 5.08. The van der Waals surface area contributed by atoms with E-state index < -0.39 is 11.9 Å². The molecule has 0 spiro atoms. The topological polar surface area (TPSA) is 37.3 Å². The van der Waals surface area contributed by atoms with Gasteiger partial charge in [-0.2, -0.15) is 0 Å². The monoisotopic (exact) mass is 208 g/mol. The molecule has 0 radical (unpaired) electrons. The highest BCUT2D eigenvalue weighted by molar-refractivity contribution is 5.77. The average Bonchev–Trinajstić information content (AvgIpc) is 2.92. The molecular formula is C12H13FO2. The fraction of sp³-hybridized carbons (Fsp3) is 0.417. The molecule has 0 saturated heterocycles. The molecule has 1 unspecified atom stereocenters. The minimum Gasteiger partial charge on any atom is -0.481 e. The largest absolute Gasteiger partial charge is 0.481 e. The average molecular weight is 208 g/mol. The Balaban J connectivity index is 2.37. The van der Waals surface area contributed by atoms with Gasteiger partial charge in [-0.25, -0.2) is 4.39 Å². The van der Waals surface area contributed by atoms with Gasteiger partial charge < -0.3 is 5.11 Å². The zero-order valence-electron chi connectivity index (χ0n) is 8.53. The van der Waals surface area contributed by atoms with Gasteiger partial charge >= 0.3 is 5.97 Å². The van der Waals surface area contributed by atoms with Gasteiger partial charge in [0.25, 0.3) is 0 Å². The summed E-state index contributed by atoms with van der Waals surface area (Å²) in [4.78, 5) is 11.1. The summed E-state index contributed by atoms with van der Waals surface area (Å²) in [7, 11) is 0. The molecule has 0 aliphatic heterocycles. The van der Waals surface area contributed by atoms with Crippen LogP contribution in [0.3, 0.4) is 0 Å². The molecular weight excluding hydrogens is 195 g/mol. The van der Waals surface area contributed by atoms with Gasteiger partial charge in [-0.05, 0) is 48.9 Å². The Bertz CT molecular complexity index is 397. The summed E-state index contributed by atoms with van der Waals surface area (Å²) in [6.07, 6.45) is 1.93. The zero-order chi connectivity index (χ0) is 11.0. The van der Waals surface area contributed by atoms with Crippen molar-refractivity contribution in [2.24, 2.45) is 5.92 Å². The van der Waals surface area contributed by atoms with E-state index in [1.165, 1.54) is 12.1 Å². The highest BCUT2D eigenvalue weighted by Gasteiger charge is 2.37. The van der Waals surface area contributed by atoms with Crippen molar-refractivity contribution in [3.05, 3.63) is 35.1 Å². The molecule has 2 rings (SSSR count). The number of carbonyl (C=O) groups is 1. The second kappa shape index (κ2) is 3.65. The van der Waals surface area contributed by atoms with Crippen molar-refractivity contribution in [1.29, 1.82) is 0 Å². The van der Waals surface area contributed by atoms with Gasteiger partial charge in [-0.3, -0.25) is 4.79 Å². The lowest BCUT2D eigenvalue weighted by Gasteiger charge is -2.14. The van der Waals surface area contributed by atoms with E-state index >= 15 is 0 Å². The smallest absolute Gasteiger partial charge is 0.311 e. The van der Waals surface area contributed by atoms with E-state index in [9.17, 15) is 9.18 Å². The number of rotatable bonds is 3. The maximum atomic E-state index is 12.9. The lowest BCUT2D eigenvalue weighted by atomic mass is 9.91.